The summed E-state index contributed by atoms with van der Waals surface area (Å²) in [6.45, 7) is 1.73. The minimum absolute atomic E-state index is 0.0897. The highest BCUT2D eigenvalue weighted by molar-refractivity contribution is 5.82. The van der Waals surface area contributed by atoms with Gasteiger partial charge in [-0.2, -0.15) is 0 Å². The Balaban J connectivity index is 1.79. The Morgan fingerprint density at radius 3 is 2.64 bits per heavy atom. The van der Waals surface area contributed by atoms with Crippen molar-refractivity contribution >= 4 is 5.91 Å². The van der Waals surface area contributed by atoms with Crippen LogP contribution < -0.4 is 10.6 Å². The van der Waals surface area contributed by atoms with Gasteiger partial charge in [-0.15, -0.1) is 0 Å². The lowest BCUT2D eigenvalue weighted by atomic mass is 9.84. The van der Waals surface area contributed by atoms with Gasteiger partial charge in [0.25, 0.3) is 0 Å². The second-order valence-electron chi connectivity index (χ2n) is 4.54. The molecule has 1 saturated heterocycles. The number of carbonyl (C=O) groups excluding carboxylic acids is 1. The minimum Gasteiger partial charge on any atom is -0.353 e. The SMILES string of the molecule is O=C1NCCNC1CC1CCCCC1. The first kappa shape index (κ1) is 9.97. The first-order valence-corrected chi connectivity index (χ1v) is 5.87. The molecule has 1 amide bonds. The number of amides is 1. The number of hydrogen-bond acceptors (Lipinski definition) is 2. The van der Waals surface area contributed by atoms with Crippen molar-refractivity contribution in [3.05, 3.63) is 0 Å². The topological polar surface area (TPSA) is 41.1 Å². The van der Waals surface area contributed by atoms with Crippen molar-refractivity contribution in [2.45, 2.75) is 44.6 Å². The maximum absolute atomic E-state index is 11.5. The van der Waals surface area contributed by atoms with Crippen LogP contribution in [0.15, 0.2) is 0 Å². The van der Waals surface area contributed by atoms with Gasteiger partial charge in [-0.05, 0) is 12.3 Å². The van der Waals surface area contributed by atoms with E-state index < -0.39 is 0 Å². The Morgan fingerprint density at radius 1 is 1.14 bits per heavy atom. The molecule has 0 radical (unpaired) electrons. The normalized spacial score (nSPS) is 30.0. The smallest absolute Gasteiger partial charge is 0.237 e. The molecule has 1 aliphatic carbocycles. The molecule has 0 aromatic carbocycles. The molecule has 3 heteroatoms. The Morgan fingerprint density at radius 2 is 1.93 bits per heavy atom. The molecule has 80 valence electrons. The van der Waals surface area contributed by atoms with Crippen molar-refractivity contribution in [2.75, 3.05) is 13.1 Å². The second kappa shape index (κ2) is 4.78. The average Bonchev–Trinajstić information content (AvgIpc) is 2.23. The molecule has 2 aliphatic rings. The molecule has 1 unspecified atom stereocenters. The van der Waals surface area contributed by atoms with Crippen molar-refractivity contribution < 1.29 is 4.79 Å². The summed E-state index contributed by atoms with van der Waals surface area (Å²) in [6, 6.07) is 0.0897. The summed E-state index contributed by atoms with van der Waals surface area (Å²) < 4.78 is 0. The summed E-state index contributed by atoms with van der Waals surface area (Å²) in [5, 5.41) is 6.22. The first-order chi connectivity index (χ1) is 6.86. The van der Waals surface area contributed by atoms with Gasteiger partial charge in [0, 0.05) is 13.1 Å². The van der Waals surface area contributed by atoms with Crippen LogP contribution >= 0.6 is 0 Å². The Bertz CT molecular complexity index is 199. The van der Waals surface area contributed by atoms with Gasteiger partial charge in [-0.3, -0.25) is 4.79 Å². The third-order valence-electron chi connectivity index (χ3n) is 3.43. The van der Waals surface area contributed by atoms with Crippen LogP contribution in [-0.4, -0.2) is 25.0 Å². The van der Waals surface area contributed by atoms with Crippen molar-refractivity contribution in [1.82, 2.24) is 10.6 Å². The quantitative estimate of drug-likeness (QED) is 0.693. The van der Waals surface area contributed by atoms with E-state index in [-0.39, 0.29) is 11.9 Å². The molecule has 2 N–H and O–H groups in total. The lowest BCUT2D eigenvalue weighted by molar-refractivity contribution is -0.124. The molecule has 3 nitrogen and oxygen atoms in total. The van der Waals surface area contributed by atoms with Gasteiger partial charge in [-0.1, -0.05) is 32.1 Å². The van der Waals surface area contributed by atoms with E-state index in [1.54, 1.807) is 0 Å². The van der Waals surface area contributed by atoms with Gasteiger partial charge < -0.3 is 10.6 Å². The Hall–Kier alpha value is -0.570. The Kier molecular flexibility index (Phi) is 3.40. The number of piperazine rings is 1. The van der Waals surface area contributed by atoms with E-state index in [1.165, 1.54) is 32.1 Å². The maximum Gasteiger partial charge on any atom is 0.237 e. The fraction of sp³-hybridized carbons (Fsp3) is 0.909. The van der Waals surface area contributed by atoms with E-state index in [0.29, 0.717) is 0 Å². The summed E-state index contributed by atoms with van der Waals surface area (Å²) in [6.07, 6.45) is 7.81. The third kappa shape index (κ3) is 2.47. The van der Waals surface area contributed by atoms with E-state index in [4.69, 9.17) is 0 Å². The van der Waals surface area contributed by atoms with Crippen LogP contribution in [0.4, 0.5) is 0 Å². The number of rotatable bonds is 2. The van der Waals surface area contributed by atoms with Crippen LogP contribution in [0.25, 0.3) is 0 Å². The number of hydrogen-bond donors (Lipinski definition) is 2. The zero-order valence-electron chi connectivity index (χ0n) is 8.72. The van der Waals surface area contributed by atoms with Gasteiger partial charge in [0.15, 0.2) is 0 Å². The molecule has 0 aromatic rings. The lowest BCUT2D eigenvalue weighted by Crippen LogP contribution is -2.53. The highest BCUT2D eigenvalue weighted by Crippen LogP contribution is 2.27. The highest BCUT2D eigenvalue weighted by atomic mass is 16.2. The molecule has 2 rings (SSSR count). The average molecular weight is 196 g/mol. The van der Waals surface area contributed by atoms with E-state index in [2.05, 4.69) is 10.6 Å². The zero-order valence-corrected chi connectivity index (χ0v) is 8.72. The zero-order chi connectivity index (χ0) is 9.80. The Labute approximate surface area is 85.6 Å². The second-order valence-corrected chi connectivity index (χ2v) is 4.54. The fourth-order valence-electron chi connectivity index (χ4n) is 2.59. The monoisotopic (exact) mass is 196 g/mol. The van der Waals surface area contributed by atoms with E-state index in [9.17, 15) is 4.79 Å². The molecule has 1 aliphatic heterocycles. The minimum atomic E-state index is 0.0897. The summed E-state index contributed by atoms with van der Waals surface area (Å²) in [5.74, 6) is 0.993. The summed E-state index contributed by atoms with van der Waals surface area (Å²) in [4.78, 5) is 11.5. The van der Waals surface area contributed by atoms with Gasteiger partial charge in [0.1, 0.15) is 0 Å². The van der Waals surface area contributed by atoms with E-state index in [1.807, 2.05) is 0 Å². The van der Waals surface area contributed by atoms with Crippen LogP contribution in [0.5, 0.6) is 0 Å². The molecule has 2 fully saturated rings. The maximum atomic E-state index is 11.5. The van der Waals surface area contributed by atoms with Crippen LogP contribution in [0.3, 0.4) is 0 Å². The molecular formula is C11H20N2O. The van der Waals surface area contributed by atoms with Crippen molar-refractivity contribution in [2.24, 2.45) is 5.92 Å². The molecule has 0 bridgehead atoms. The van der Waals surface area contributed by atoms with Crippen molar-refractivity contribution in [1.29, 1.82) is 0 Å². The molecule has 1 heterocycles. The van der Waals surface area contributed by atoms with Gasteiger partial charge in [0.05, 0.1) is 6.04 Å². The fourth-order valence-corrected chi connectivity index (χ4v) is 2.59. The highest BCUT2D eigenvalue weighted by Gasteiger charge is 2.25. The molecule has 1 saturated carbocycles. The van der Waals surface area contributed by atoms with Crippen LogP contribution in [0, 0.1) is 5.92 Å². The molecule has 0 spiro atoms. The van der Waals surface area contributed by atoms with Crippen LogP contribution in [-0.2, 0) is 4.79 Å². The largest absolute Gasteiger partial charge is 0.353 e. The van der Waals surface area contributed by atoms with Gasteiger partial charge in [-0.25, -0.2) is 0 Å². The molecule has 1 atom stereocenters. The summed E-state index contributed by atoms with van der Waals surface area (Å²) in [7, 11) is 0. The van der Waals surface area contributed by atoms with E-state index >= 15 is 0 Å². The van der Waals surface area contributed by atoms with Crippen molar-refractivity contribution in [3.8, 4) is 0 Å². The number of nitrogens with one attached hydrogen (secondary N) is 2. The standard InChI is InChI=1S/C11H20N2O/c14-11-10(12-6-7-13-11)8-9-4-2-1-3-5-9/h9-10,12H,1-8H2,(H,13,14). The summed E-state index contributed by atoms with van der Waals surface area (Å²) >= 11 is 0. The summed E-state index contributed by atoms with van der Waals surface area (Å²) in [5.41, 5.74) is 0. The van der Waals surface area contributed by atoms with Crippen LogP contribution in [0.1, 0.15) is 38.5 Å². The molecule has 0 aromatic heterocycles. The molecular weight excluding hydrogens is 176 g/mol. The van der Waals surface area contributed by atoms with Crippen molar-refractivity contribution in [3.63, 3.8) is 0 Å². The molecule has 14 heavy (non-hydrogen) atoms. The predicted molar refractivity (Wildman–Crippen MR) is 56.0 cm³/mol. The van der Waals surface area contributed by atoms with Gasteiger partial charge >= 0.3 is 0 Å². The van der Waals surface area contributed by atoms with Crippen LogP contribution in [0.2, 0.25) is 0 Å². The first-order valence-electron chi connectivity index (χ1n) is 5.87. The van der Waals surface area contributed by atoms with Gasteiger partial charge in [0.2, 0.25) is 5.91 Å². The van der Waals surface area contributed by atoms with E-state index in [0.717, 1.165) is 25.4 Å². The predicted octanol–water partition coefficient (Wildman–Crippen LogP) is 1.04. The number of carbonyl (C=O) groups is 1. The lowest BCUT2D eigenvalue weighted by Gasteiger charge is -2.29. The third-order valence-corrected chi connectivity index (χ3v) is 3.43.